The fourth-order valence-electron chi connectivity index (χ4n) is 3.40. The van der Waals surface area contributed by atoms with Crippen LogP contribution in [-0.2, 0) is 9.63 Å². The highest BCUT2D eigenvalue weighted by molar-refractivity contribution is 6.02. The van der Waals surface area contributed by atoms with Crippen molar-refractivity contribution in [3.05, 3.63) is 53.7 Å². The standard InChI is InChI=1S/C24H26FN7O3/c1-4-35-32-24(34)17-12-27-20(31-23(33)14-5-6-14)9-18(17)30-19-8-15(25)7-16(21(19)26-3)22-28-10-13(2)11-29-22/h7-12,14,26H,4-6H2,1-3H3,(H,32,34)(H2,27,30,31,33). The number of carbonyl (C=O) groups is 2. The highest BCUT2D eigenvalue weighted by Gasteiger charge is 2.30. The van der Waals surface area contributed by atoms with Crippen molar-refractivity contribution in [2.24, 2.45) is 5.92 Å². The molecule has 1 saturated carbocycles. The van der Waals surface area contributed by atoms with E-state index in [1.54, 1.807) is 26.4 Å². The zero-order valence-corrected chi connectivity index (χ0v) is 19.6. The third kappa shape index (κ3) is 5.69. The number of anilines is 4. The third-order valence-electron chi connectivity index (χ3n) is 5.30. The summed E-state index contributed by atoms with van der Waals surface area (Å²) in [4.78, 5) is 42.8. The molecule has 11 heteroatoms. The number of hydrogen-bond acceptors (Lipinski definition) is 8. The van der Waals surface area contributed by atoms with Crippen molar-refractivity contribution in [1.82, 2.24) is 20.4 Å². The van der Waals surface area contributed by atoms with Crippen molar-refractivity contribution in [3.63, 3.8) is 0 Å². The molecule has 182 valence electrons. The minimum atomic E-state index is -0.550. The molecule has 0 aliphatic heterocycles. The summed E-state index contributed by atoms with van der Waals surface area (Å²) in [5.74, 6) is -0.625. The number of hydrogen-bond donors (Lipinski definition) is 4. The van der Waals surface area contributed by atoms with E-state index in [0.29, 0.717) is 28.5 Å². The molecular weight excluding hydrogens is 453 g/mol. The molecule has 1 aliphatic carbocycles. The van der Waals surface area contributed by atoms with Gasteiger partial charge in [0, 0.05) is 43.2 Å². The SMILES string of the molecule is CCONC(=O)c1cnc(NC(=O)C2CC2)cc1Nc1cc(F)cc(-c2ncc(C)cn2)c1NC. The van der Waals surface area contributed by atoms with Crippen molar-refractivity contribution in [1.29, 1.82) is 0 Å². The first-order chi connectivity index (χ1) is 16.9. The van der Waals surface area contributed by atoms with Crippen LogP contribution in [0.2, 0.25) is 0 Å². The van der Waals surface area contributed by atoms with Gasteiger partial charge in [-0.1, -0.05) is 0 Å². The van der Waals surface area contributed by atoms with Crippen LogP contribution >= 0.6 is 0 Å². The fraction of sp³-hybridized carbons (Fsp3) is 0.292. The Labute approximate surface area is 201 Å². The van der Waals surface area contributed by atoms with Gasteiger partial charge in [0.1, 0.15) is 11.6 Å². The van der Waals surface area contributed by atoms with E-state index in [-0.39, 0.29) is 29.8 Å². The number of pyridine rings is 1. The van der Waals surface area contributed by atoms with Crippen molar-refractivity contribution < 1.29 is 18.8 Å². The van der Waals surface area contributed by atoms with E-state index in [1.165, 1.54) is 24.4 Å². The van der Waals surface area contributed by atoms with Crippen LogP contribution in [0.4, 0.5) is 27.3 Å². The van der Waals surface area contributed by atoms with E-state index < -0.39 is 11.7 Å². The highest BCUT2D eigenvalue weighted by Crippen LogP contribution is 2.36. The molecule has 4 rings (SSSR count). The Hall–Kier alpha value is -4.12. The quantitative estimate of drug-likeness (QED) is 0.341. The minimum absolute atomic E-state index is 0.0229. The largest absolute Gasteiger partial charge is 0.386 e. The van der Waals surface area contributed by atoms with E-state index >= 15 is 0 Å². The Bertz CT molecular complexity index is 1250. The van der Waals surface area contributed by atoms with Crippen LogP contribution in [0, 0.1) is 18.7 Å². The van der Waals surface area contributed by atoms with Gasteiger partial charge < -0.3 is 16.0 Å². The monoisotopic (exact) mass is 479 g/mol. The Morgan fingerprint density at radius 2 is 1.83 bits per heavy atom. The molecule has 0 saturated heterocycles. The number of aromatic nitrogens is 3. The molecule has 4 N–H and O–H groups in total. The molecule has 0 spiro atoms. The van der Waals surface area contributed by atoms with E-state index in [9.17, 15) is 14.0 Å². The summed E-state index contributed by atoms with van der Waals surface area (Å²) in [6.07, 6.45) is 6.29. The first-order valence-electron chi connectivity index (χ1n) is 11.2. The summed E-state index contributed by atoms with van der Waals surface area (Å²) in [5, 5.41) is 8.92. The van der Waals surface area contributed by atoms with Crippen LogP contribution < -0.4 is 21.4 Å². The summed E-state index contributed by atoms with van der Waals surface area (Å²) in [6.45, 7) is 3.86. The van der Waals surface area contributed by atoms with Crippen molar-refractivity contribution in [2.75, 3.05) is 29.6 Å². The summed E-state index contributed by atoms with van der Waals surface area (Å²) in [5.41, 5.74) is 4.93. The Morgan fingerprint density at radius 1 is 1.09 bits per heavy atom. The van der Waals surface area contributed by atoms with E-state index in [0.717, 1.165) is 18.4 Å². The number of rotatable bonds is 9. The van der Waals surface area contributed by atoms with Gasteiger partial charge in [0.15, 0.2) is 5.82 Å². The zero-order chi connectivity index (χ0) is 24.9. The van der Waals surface area contributed by atoms with Gasteiger partial charge in [-0.15, -0.1) is 0 Å². The molecule has 2 aromatic heterocycles. The van der Waals surface area contributed by atoms with Gasteiger partial charge in [-0.3, -0.25) is 14.4 Å². The van der Waals surface area contributed by atoms with Crippen molar-refractivity contribution in [2.45, 2.75) is 26.7 Å². The Balaban J connectivity index is 1.74. The lowest BCUT2D eigenvalue weighted by Crippen LogP contribution is -2.25. The van der Waals surface area contributed by atoms with Gasteiger partial charge in [-0.25, -0.2) is 24.8 Å². The molecule has 35 heavy (non-hydrogen) atoms. The van der Waals surface area contributed by atoms with Crippen LogP contribution in [0.3, 0.4) is 0 Å². The van der Waals surface area contributed by atoms with Crippen LogP contribution in [0.1, 0.15) is 35.7 Å². The van der Waals surface area contributed by atoms with Crippen molar-refractivity contribution >= 4 is 34.7 Å². The van der Waals surface area contributed by atoms with Gasteiger partial charge in [0.05, 0.1) is 29.2 Å². The van der Waals surface area contributed by atoms with Crippen LogP contribution in [0.15, 0.2) is 36.8 Å². The summed E-state index contributed by atoms with van der Waals surface area (Å²) in [6, 6.07) is 4.14. The molecule has 1 aromatic carbocycles. The number of nitrogens with one attached hydrogen (secondary N) is 4. The number of aryl methyl sites for hydroxylation is 1. The number of amides is 2. The molecule has 0 bridgehead atoms. The van der Waals surface area contributed by atoms with Gasteiger partial charge >= 0.3 is 0 Å². The second-order valence-electron chi connectivity index (χ2n) is 8.08. The van der Waals surface area contributed by atoms with Crippen molar-refractivity contribution in [3.8, 4) is 11.4 Å². The van der Waals surface area contributed by atoms with E-state index in [4.69, 9.17) is 4.84 Å². The zero-order valence-electron chi connectivity index (χ0n) is 19.6. The molecule has 0 atom stereocenters. The smallest absolute Gasteiger partial charge is 0.278 e. The van der Waals surface area contributed by atoms with Crippen LogP contribution in [0.5, 0.6) is 0 Å². The molecule has 3 aromatic rings. The molecule has 0 radical (unpaired) electrons. The summed E-state index contributed by atoms with van der Waals surface area (Å²) < 4.78 is 14.7. The number of nitrogens with zero attached hydrogens (tertiary/aromatic N) is 3. The van der Waals surface area contributed by atoms with Crippen LogP contribution in [0.25, 0.3) is 11.4 Å². The van der Waals surface area contributed by atoms with Gasteiger partial charge in [0.2, 0.25) is 5.91 Å². The highest BCUT2D eigenvalue weighted by atomic mass is 19.1. The first-order valence-corrected chi connectivity index (χ1v) is 11.2. The fourth-order valence-corrected chi connectivity index (χ4v) is 3.40. The van der Waals surface area contributed by atoms with E-state index in [2.05, 4.69) is 36.4 Å². The average Bonchev–Trinajstić information content (AvgIpc) is 3.69. The maximum absolute atomic E-state index is 14.7. The maximum Gasteiger partial charge on any atom is 0.278 e. The number of hydroxylamine groups is 1. The summed E-state index contributed by atoms with van der Waals surface area (Å²) in [7, 11) is 1.69. The van der Waals surface area contributed by atoms with Crippen LogP contribution in [-0.4, -0.2) is 40.4 Å². The molecule has 1 fully saturated rings. The molecule has 2 heterocycles. The second kappa shape index (κ2) is 10.4. The third-order valence-corrected chi connectivity index (χ3v) is 5.30. The van der Waals surface area contributed by atoms with Gasteiger partial charge in [-0.2, -0.15) is 0 Å². The van der Waals surface area contributed by atoms with E-state index in [1.807, 2.05) is 6.92 Å². The predicted octanol–water partition coefficient (Wildman–Crippen LogP) is 3.80. The molecule has 1 aliphatic rings. The molecule has 0 unspecified atom stereocenters. The minimum Gasteiger partial charge on any atom is -0.386 e. The molecule has 10 nitrogen and oxygen atoms in total. The number of halogens is 1. The Morgan fingerprint density at radius 3 is 2.49 bits per heavy atom. The lowest BCUT2D eigenvalue weighted by molar-refractivity contribution is -0.117. The topological polar surface area (TPSA) is 130 Å². The maximum atomic E-state index is 14.7. The average molecular weight is 480 g/mol. The first kappa shape index (κ1) is 24.0. The second-order valence-corrected chi connectivity index (χ2v) is 8.08. The normalized spacial score (nSPS) is 12.7. The molecule has 2 amide bonds. The lowest BCUT2D eigenvalue weighted by atomic mass is 10.1. The lowest BCUT2D eigenvalue weighted by Gasteiger charge is -2.18. The Kier molecular flexibility index (Phi) is 7.16. The number of benzene rings is 1. The predicted molar refractivity (Wildman–Crippen MR) is 130 cm³/mol. The summed E-state index contributed by atoms with van der Waals surface area (Å²) >= 11 is 0. The molecular formula is C24H26FN7O3. The number of carbonyl (C=O) groups excluding carboxylic acids is 2. The van der Waals surface area contributed by atoms with Gasteiger partial charge in [0.25, 0.3) is 5.91 Å². The van der Waals surface area contributed by atoms with Gasteiger partial charge in [-0.05, 0) is 44.4 Å².